The van der Waals surface area contributed by atoms with Gasteiger partial charge in [-0.3, -0.25) is 0 Å². The highest BCUT2D eigenvalue weighted by Gasteiger charge is 2.38. The van der Waals surface area contributed by atoms with Gasteiger partial charge in [-0.05, 0) is 82.6 Å². The summed E-state index contributed by atoms with van der Waals surface area (Å²) in [5.74, 6) is 1.44. The summed E-state index contributed by atoms with van der Waals surface area (Å²) in [7, 11) is -1.89. The first kappa shape index (κ1) is 33.3. The van der Waals surface area contributed by atoms with Gasteiger partial charge in [-0.25, -0.2) is 27.8 Å². The van der Waals surface area contributed by atoms with Crippen LogP contribution >= 0.6 is 15.9 Å². The lowest BCUT2D eigenvalue weighted by atomic mass is 9.86. The van der Waals surface area contributed by atoms with Gasteiger partial charge >= 0.3 is 0 Å². The molecule has 0 bridgehead atoms. The van der Waals surface area contributed by atoms with Crippen molar-refractivity contribution in [2.75, 3.05) is 31.3 Å². The molecule has 10 nitrogen and oxygen atoms in total. The SMILES string of the molecule is COc1cc2ncnc(Nc3ccc(OCc4cccc(F)c4)c(Br)c3)c2cc1C1(CCNCCS(=O)(=O)c2ccccn2)CC=CO1. The number of hydrogen-bond acceptors (Lipinski definition) is 10. The summed E-state index contributed by atoms with van der Waals surface area (Å²) >= 11 is 3.58. The van der Waals surface area contributed by atoms with Gasteiger partial charge in [0.2, 0.25) is 0 Å². The molecule has 1 aliphatic rings. The Hall–Kier alpha value is -4.59. The smallest absolute Gasteiger partial charge is 0.196 e. The number of rotatable bonds is 14. The number of hydrogen-bond donors (Lipinski definition) is 2. The van der Waals surface area contributed by atoms with E-state index >= 15 is 0 Å². The molecular formula is C35H33BrFN5O5S. The standard InChI is InChI=1S/C35H33BrFN5O5S/c1-45-32-21-30-27(20-28(32)35(11-5-16-47-35)12-14-38-15-17-48(43,44)33-8-2-3-13-39-33)34(41-23-40-30)42-26-9-10-31(29(36)19-26)46-22-24-6-4-7-25(37)18-24/h2-10,13,16,18-21,23,38H,11-12,14-15,17,22H2,1H3,(H,40,41,42). The Morgan fingerprint density at radius 2 is 1.90 bits per heavy atom. The van der Waals surface area contributed by atoms with E-state index in [1.807, 2.05) is 36.4 Å². The first-order chi connectivity index (χ1) is 23.3. The summed E-state index contributed by atoms with van der Waals surface area (Å²) in [5.41, 5.74) is 2.25. The van der Waals surface area contributed by atoms with Crippen molar-refractivity contribution in [1.82, 2.24) is 20.3 Å². The van der Waals surface area contributed by atoms with E-state index in [0.29, 0.717) is 46.7 Å². The minimum Gasteiger partial charge on any atom is -0.496 e. The second-order valence-electron chi connectivity index (χ2n) is 11.2. The van der Waals surface area contributed by atoms with E-state index in [4.69, 9.17) is 14.2 Å². The van der Waals surface area contributed by atoms with Gasteiger partial charge in [-0.1, -0.05) is 18.2 Å². The predicted octanol–water partition coefficient (Wildman–Crippen LogP) is 6.84. The van der Waals surface area contributed by atoms with Gasteiger partial charge < -0.3 is 24.8 Å². The van der Waals surface area contributed by atoms with Crippen LogP contribution in [0.2, 0.25) is 0 Å². The molecule has 0 saturated heterocycles. The zero-order valence-corrected chi connectivity index (χ0v) is 28.4. The highest BCUT2D eigenvalue weighted by atomic mass is 79.9. The number of ether oxygens (including phenoxy) is 3. The molecule has 13 heteroatoms. The molecule has 2 aromatic heterocycles. The maximum Gasteiger partial charge on any atom is 0.196 e. The highest BCUT2D eigenvalue weighted by Crippen LogP contribution is 2.44. The van der Waals surface area contributed by atoms with Crippen LogP contribution in [0.15, 0.2) is 107 Å². The molecule has 3 aromatic carbocycles. The molecule has 0 spiro atoms. The van der Waals surface area contributed by atoms with Crippen LogP contribution < -0.4 is 20.1 Å². The fourth-order valence-electron chi connectivity index (χ4n) is 5.52. The summed E-state index contributed by atoms with van der Waals surface area (Å²) < 4.78 is 57.6. The predicted molar refractivity (Wildman–Crippen MR) is 185 cm³/mol. The van der Waals surface area contributed by atoms with E-state index in [-0.39, 0.29) is 29.7 Å². The number of methoxy groups -OCH3 is 1. The van der Waals surface area contributed by atoms with Crippen LogP contribution in [-0.2, 0) is 26.8 Å². The van der Waals surface area contributed by atoms with Crippen LogP contribution in [0.25, 0.3) is 10.9 Å². The Morgan fingerprint density at radius 3 is 2.65 bits per heavy atom. The molecule has 0 fully saturated rings. The van der Waals surface area contributed by atoms with Crippen molar-refractivity contribution in [3.63, 3.8) is 0 Å². The van der Waals surface area contributed by atoms with Crippen LogP contribution in [0.1, 0.15) is 24.0 Å². The molecule has 6 rings (SSSR count). The summed E-state index contributed by atoms with van der Waals surface area (Å²) in [4.78, 5) is 13.0. The fourth-order valence-corrected chi connectivity index (χ4v) is 7.14. The number of fused-ring (bicyclic) bond motifs is 1. The molecule has 0 amide bonds. The average Bonchev–Trinajstić information content (AvgIpc) is 3.57. The lowest BCUT2D eigenvalue weighted by Crippen LogP contribution is -2.32. The van der Waals surface area contributed by atoms with Crippen LogP contribution in [0.5, 0.6) is 11.5 Å². The van der Waals surface area contributed by atoms with Gasteiger partial charge in [-0.15, -0.1) is 0 Å². The quantitative estimate of drug-likeness (QED) is 0.117. The minimum absolute atomic E-state index is 0.0663. The van der Waals surface area contributed by atoms with Crippen LogP contribution in [0.3, 0.4) is 0 Å². The van der Waals surface area contributed by atoms with Crippen LogP contribution in [-0.4, -0.2) is 49.3 Å². The fraction of sp³-hybridized carbons (Fsp3) is 0.229. The molecule has 3 heterocycles. The van der Waals surface area contributed by atoms with Crippen molar-refractivity contribution >= 4 is 48.2 Å². The van der Waals surface area contributed by atoms with Crippen LogP contribution in [0, 0.1) is 5.82 Å². The highest BCUT2D eigenvalue weighted by molar-refractivity contribution is 9.10. The molecule has 1 unspecified atom stereocenters. The van der Waals surface area contributed by atoms with Crippen molar-refractivity contribution in [2.24, 2.45) is 0 Å². The van der Waals surface area contributed by atoms with E-state index in [2.05, 4.69) is 41.5 Å². The molecule has 5 aromatic rings. The summed E-state index contributed by atoms with van der Waals surface area (Å²) in [6.07, 6.45) is 7.76. The number of pyridine rings is 1. The zero-order chi connectivity index (χ0) is 33.6. The summed E-state index contributed by atoms with van der Waals surface area (Å²) in [6.45, 7) is 0.991. The van der Waals surface area contributed by atoms with Crippen molar-refractivity contribution in [3.8, 4) is 11.5 Å². The van der Waals surface area contributed by atoms with E-state index in [0.717, 1.165) is 22.2 Å². The van der Waals surface area contributed by atoms with Crippen molar-refractivity contribution in [1.29, 1.82) is 0 Å². The molecule has 48 heavy (non-hydrogen) atoms. The maximum atomic E-state index is 13.6. The second-order valence-corrected chi connectivity index (χ2v) is 14.1. The van der Waals surface area contributed by atoms with Gasteiger partial charge in [0.05, 0.1) is 29.1 Å². The molecule has 0 radical (unpaired) electrons. The average molecular weight is 735 g/mol. The minimum atomic E-state index is -3.49. The summed E-state index contributed by atoms with van der Waals surface area (Å²) in [5, 5.41) is 7.48. The number of halogens is 2. The number of nitrogens with zero attached hydrogens (tertiary/aromatic N) is 3. The van der Waals surface area contributed by atoms with Gasteiger partial charge in [0.15, 0.2) is 14.9 Å². The number of benzene rings is 3. The lowest BCUT2D eigenvalue weighted by molar-refractivity contribution is 0.0307. The third kappa shape index (κ3) is 7.59. The Balaban J connectivity index is 1.18. The van der Waals surface area contributed by atoms with Gasteiger partial charge in [-0.2, -0.15) is 0 Å². The van der Waals surface area contributed by atoms with Gasteiger partial charge in [0, 0.05) is 48.3 Å². The van der Waals surface area contributed by atoms with Crippen molar-refractivity contribution < 1.29 is 27.0 Å². The van der Waals surface area contributed by atoms with Gasteiger partial charge in [0.1, 0.15) is 41.7 Å². The van der Waals surface area contributed by atoms with E-state index in [1.54, 1.807) is 37.6 Å². The zero-order valence-electron chi connectivity index (χ0n) is 26.0. The van der Waals surface area contributed by atoms with Crippen molar-refractivity contribution in [3.05, 3.63) is 119 Å². The molecule has 248 valence electrons. The van der Waals surface area contributed by atoms with Crippen molar-refractivity contribution in [2.45, 2.75) is 30.1 Å². The Bertz CT molecular complexity index is 2040. The second kappa shape index (κ2) is 14.7. The Labute approximate surface area is 286 Å². The van der Waals surface area contributed by atoms with Crippen LogP contribution in [0.4, 0.5) is 15.9 Å². The number of anilines is 2. The van der Waals surface area contributed by atoms with E-state index < -0.39 is 15.4 Å². The first-order valence-corrected chi connectivity index (χ1v) is 17.7. The lowest BCUT2D eigenvalue weighted by Gasteiger charge is -2.31. The first-order valence-electron chi connectivity index (χ1n) is 15.2. The molecule has 1 aliphatic heterocycles. The number of nitrogens with one attached hydrogen (secondary N) is 2. The largest absolute Gasteiger partial charge is 0.496 e. The monoisotopic (exact) mass is 733 g/mol. The van der Waals surface area contributed by atoms with E-state index in [1.165, 1.54) is 30.7 Å². The third-order valence-corrected chi connectivity index (χ3v) is 10.2. The molecule has 0 aliphatic carbocycles. The van der Waals surface area contributed by atoms with Gasteiger partial charge in [0.25, 0.3) is 0 Å². The molecular weight excluding hydrogens is 701 g/mol. The maximum absolute atomic E-state index is 13.6. The molecule has 2 N–H and O–H groups in total. The van der Waals surface area contributed by atoms with E-state index in [9.17, 15) is 12.8 Å². The third-order valence-electron chi connectivity index (χ3n) is 7.97. The normalized spacial score (nSPS) is 15.7. The number of sulfone groups is 1. The topological polar surface area (TPSA) is 125 Å². The molecule has 1 atom stereocenters. The Kier molecular flexibility index (Phi) is 10.2. The Morgan fingerprint density at radius 1 is 1.00 bits per heavy atom. The summed E-state index contributed by atoms with van der Waals surface area (Å²) in [6, 6.07) is 20.6. The number of aromatic nitrogens is 3. The molecule has 0 saturated carbocycles.